The molecule has 25 heavy (non-hydrogen) atoms. The second-order valence-corrected chi connectivity index (χ2v) is 5.97. The molecule has 1 aromatic heterocycles. The number of fused-ring (bicyclic) bond motifs is 1. The summed E-state index contributed by atoms with van der Waals surface area (Å²) in [6.07, 6.45) is 2.82. The van der Waals surface area contributed by atoms with Crippen molar-refractivity contribution in [2.45, 2.75) is 12.3 Å². The second kappa shape index (κ2) is 7.49. The highest BCUT2D eigenvalue weighted by molar-refractivity contribution is 5.85. The Balaban J connectivity index is 1.96. The van der Waals surface area contributed by atoms with E-state index in [1.165, 1.54) is 5.56 Å². The molecule has 2 aromatic carbocycles. The fourth-order valence-electron chi connectivity index (χ4n) is 3.19. The van der Waals surface area contributed by atoms with Crippen LogP contribution in [0.5, 0.6) is 17.2 Å². The molecule has 0 radical (unpaired) electrons. The van der Waals surface area contributed by atoms with Gasteiger partial charge < -0.3 is 24.9 Å². The maximum absolute atomic E-state index is 6.11. The van der Waals surface area contributed by atoms with E-state index in [-0.39, 0.29) is 5.92 Å². The van der Waals surface area contributed by atoms with Crippen molar-refractivity contribution < 1.29 is 14.2 Å². The van der Waals surface area contributed by atoms with Crippen LogP contribution in [0.15, 0.2) is 42.6 Å². The summed E-state index contributed by atoms with van der Waals surface area (Å²) in [5, 5.41) is 1.14. The molecular formula is C20H24N2O3. The largest absolute Gasteiger partial charge is 0.497 e. The fraction of sp³-hybridized carbons (Fsp3) is 0.300. The highest BCUT2D eigenvalue weighted by Crippen LogP contribution is 2.33. The van der Waals surface area contributed by atoms with Crippen molar-refractivity contribution in [1.82, 2.24) is 4.98 Å². The lowest BCUT2D eigenvalue weighted by Crippen LogP contribution is -2.15. The molecule has 0 spiro atoms. The molecule has 0 aliphatic rings. The maximum atomic E-state index is 6.11. The van der Waals surface area contributed by atoms with Gasteiger partial charge in [-0.15, -0.1) is 0 Å². The van der Waals surface area contributed by atoms with Gasteiger partial charge in [0.15, 0.2) is 0 Å². The maximum Gasteiger partial charge on any atom is 0.125 e. The molecule has 0 saturated heterocycles. The Bertz CT molecular complexity index is 857. The number of ether oxygens (including phenoxy) is 3. The summed E-state index contributed by atoms with van der Waals surface area (Å²) in [6, 6.07) is 11.9. The Morgan fingerprint density at radius 2 is 1.68 bits per heavy atom. The highest BCUT2D eigenvalue weighted by atomic mass is 16.5. The summed E-state index contributed by atoms with van der Waals surface area (Å²) in [5.74, 6) is 2.60. The van der Waals surface area contributed by atoms with E-state index in [1.54, 1.807) is 21.3 Å². The number of nitrogens with two attached hydrogens (primary N) is 1. The van der Waals surface area contributed by atoms with Gasteiger partial charge in [0.05, 0.1) is 21.3 Å². The normalized spacial score (nSPS) is 12.2. The van der Waals surface area contributed by atoms with Gasteiger partial charge in [-0.2, -0.15) is 0 Å². The lowest BCUT2D eigenvalue weighted by molar-refractivity contribution is 0.390. The summed E-state index contributed by atoms with van der Waals surface area (Å²) < 4.78 is 16.2. The van der Waals surface area contributed by atoms with Gasteiger partial charge in [-0.3, -0.25) is 0 Å². The zero-order valence-corrected chi connectivity index (χ0v) is 14.8. The standard InChI is InChI=1S/C20H24N2O3/c1-23-15-6-7-19-17(9-15)18(12-22-19)14(11-21)8-13-4-5-16(24-2)10-20(13)25-3/h4-7,9-10,12,14,22H,8,11,21H2,1-3H3. The van der Waals surface area contributed by atoms with Gasteiger partial charge in [-0.25, -0.2) is 0 Å². The summed E-state index contributed by atoms with van der Waals surface area (Å²) in [4.78, 5) is 3.32. The van der Waals surface area contributed by atoms with Gasteiger partial charge in [0.1, 0.15) is 17.2 Å². The van der Waals surface area contributed by atoms with Crippen molar-refractivity contribution in [3.63, 3.8) is 0 Å². The molecule has 5 nitrogen and oxygen atoms in total. The summed E-state index contributed by atoms with van der Waals surface area (Å²) in [7, 11) is 5.00. The number of nitrogens with one attached hydrogen (secondary N) is 1. The first-order valence-electron chi connectivity index (χ1n) is 8.26. The number of H-pyrrole nitrogens is 1. The number of benzene rings is 2. The van der Waals surface area contributed by atoms with Crippen LogP contribution in [-0.4, -0.2) is 32.9 Å². The Hall–Kier alpha value is -2.66. The first-order valence-corrected chi connectivity index (χ1v) is 8.26. The van der Waals surface area contributed by atoms with E-state index in [0.29, 0.717) is 6.54 Å². The van der Waals surface area contributed by atoms with Crippen molar-refractivity contribution in [1.29, 1.82) is 0 Å². The smallest absolute Gasteiger partial charge is 0.125 e. The molecule has 132 valence electrons. The average molecular weight is 340 g/mol. The van der Waals surface area contributed by atoms with Crippen LogP contribution in [-0.2, 0) is 6.42 Å². The highest BCUT2D eigenvalue weighted by Gasteiger charge is 2.18. The van der Waals surface area contributed by atoms with Crippen LogP contribution in [0, 0.1) is 0 Å². The lowest BCUT2D eigenvalue weighted by atomic mass is 9.91. The molecular weight excluding hydrogens is 316 g/mol. The molecule has 5 heteroatoms. The van der Waals surface area contributed by atoms with Crippen molar-refractivity contribution in [2.24, 2.45) is 5.73 Å². The molecule has 0 amide bonds. The number of methoxy groups -OCH3 is 3. The summed E-state index contributed by atoms with van der Waals surface area (Å²) >= 11 is 0. The Labute approximate surface area is 147 Å². The van der Waals surface area contributed by atoms with Crippen LogP contribution in [0.25, 0.3) is 10.9 Å². The van der Waals surface area contributed by atoms with Crippen molar-refractivity contribution in [3.05, 3.63) is 53.7 Å². The van der Waals surface area contributed by atoms with Gasteiger partial charge in [0, 0.05) is 29.1 Å². The van der Waals surface area contributed by atoms with Gasteiger partial charge in [0.25, 0.3) is 0 Å². The Morgan fingerprint density at radius 1 is 0.960 bits per heavy atom. The molecule has 3 N–H and O–H groups in total. The minimum absolute atomic E-state index is 0.170. The van der Waals surface area contributed by atoms with Crippen LogP contribution < -0.4 is 19.9 Å². The van der Waals surface area contributed by atoms with E-state index >= 15 is 0 Å². The van der Waals surface area contributed by atoms with Crippen LogP contribution in [0.1, 0.15) is 17.0 Å². The van der Waals surface area contributed by atoms with E-state index in [9.17, 15) is 0 Å². The third kappa shape index (κ3) is 3.42. The molecule has 0 aliphatic heterocycles. The van der Waals surface area contributed by atoms with E-state index in [0.717, 1.165) is 40.1 Å². The number of rotatable bonds is 7. The number of hydrogen-bond donors (Lipinski definition) is 2. The van der Waals surface area contributed by atoms with Crippen molar-refractivity contribution in [2.75, 3.05) is 27.9 Å². The Kier molecular flexibility index (Phi) is 5.14. The van der Waals surface area contributed by atoms with E-state index in [2.05, 4.69) is 11.1 Å². The summed E-state index contributed by atoms with van der Waals surface area (Å²) in [6.45, 7) is 0.541. The minimum Gasteiger partial charge on any atom is -0.497 e. The SMILES string of the molecule is COc1ccc(CC(CN)c2c[nH]c3ccc(OC)cc23)c(OC)c1. The third-order valence-electron chi connectivity index (χ3n) is 4.61. The molecule has 0 bridgehead atoms. The van der Waals surface area contributed by atoms with Crippen LogP contribution in [0.4, 0.5) is 0 Å². The van der Waals surface area contributed by atoms with Gasteiger partial charge in [-0.05, 0) is 48.4 Å². The number of aromatic amines is 1. The van der Waals surface area contributed by atoms with Crippen LogP contribution in [0.2, 0.25) is 0 Å². The Morgan fingerprint density at radius 3 is 2.36 bits per heavy atom. The second-order valence-electron chi connectivity index (χ2n) is 5.97. The predicted octanol–water partition coefficient (Wildman–Crippen LogP) is 3.48. The number of aromatic nitrogens is 1. The van der Waals surface area contributed by atoms with E-state index in [4.69, 9.17) is 19.9 Å². The zero-order chi connectivity index (χ0) is 17.8. The van der Waals surface area contributed by atoms with Gasteiger partial charge in [-0.1, -0.05) is 6.07 Å². The molecule has 0 fully saturated rings. The first-order chi connectivity index (χ1) is 12.2. The summed E-state index contributed by atoms with van der Waals surface area (Å²) in [5.41, 5.74) is 9.49. The van der Waals surface area contributed by atoms with E-state index in [1.807, 2.05) is 36.5 Å². The molecule has 3 rings (SSSR count). The lowest BCUT2D eigenvalue weighted by Gasteiger charge is -2.17. The molecule has 1 heterocycles. The van der Waals surface area contributed by atoms with Crippen molar-refractivity contribution in [3.8, 4) is 17.2 Å². The molecule has 1 unspecified atom stereocenters. The van der Waals surface area contributed by atoms with Gasteiger partial charge >= 0.3 is 0 Å². The minimum atomic E-state index is 0.170. The fourth-order valence-corrected chi connectivity index (χ4v) is 3.19. The molecule has 0 aliphatic carbocycles. The van der Waals surface area contributed by atoms with E-state index < -0.39 is 0 Å². The molecule has 0 saturated carbocycles. The van der Waals surface area contributed by atoms with Crippen molar-refractivity contribution >= 4 is 10.9 Å². The molecule has 1 atom stereocenters. The van der Waals surface area contributed by atoms with Gasteiger partial charge in [0.2, 0.25) is 0 Å². The third-order valence-corrected chi connectivity index (χ3v) is 4.61. The quantitative estimate of drug-likeness (QED) is 0.691. The zero-order valence-electron chi connectivity index (χ0n) is 14.8. The first kappa shape index (κ1) is 17.2. The topological polar surface area (TPSA) is 69.5 Å². The van der Waals surface area contributed by atoms with Crippen LogP contribution >= 0.6 is 0 Å². The average Bonchev–Trinajstić information content (AvgIpc) is 3.08. The number of hydrogen-bond acceptors (Lipinski definition) is 4. The molecule has 3 aromatic rings. The predicted molar refractivity (Wildman–Crippen MR) is 99.9 cm³/mol. The van der Waals surface area contributed by atoms with Crippen LogP contribution in [0.3, 0.4) is 0 Å². The monoisotopic (exact) mass is 340 g/mol.